The second-order valence-corrected chi connectivity index (χ2v) is 8.91. The Morgan fingerprint density at radius 2 is 1.67 bits per heavy atom. The number of hydrogen-bond acceptors (Lipinski definition) is 4. The maximum Gasteiger partial charge on any atom is 0.412 e. The summed E-state index contributed by atoms with van der Waals surface area (Å²) in [6, 6.07) is 6.56. The van der Waals surface area contributed by atoms with Crippen LogP contribution in [0.4, 0.5) is 10.5 Å². The van der Waals surface area contributed by atoms with Gasteiger partial charge in [0.05, 0.1) is 0 Å². The van der Waals surface area contributed by atoms with E-state index in [-0.39, 0.29) is 11.8 Å². The molecule has 7 nitrogen and oxygen atoms in total. The van der Waals surface area contributed by atoms with Crippen LogP contribution >= 0.6 is 0 Å². The van der Waals surface area contributed by atoms with E-state index >= 15 is 0 Å². The van der Waals surface area contributed by atoms with Gasteiger partial charge in [0.25, 0.3) is 5.91 Å². The van der Waals surface area contributed by atoms with Crippen molar-refractivity contribution in [3.63, 3.8) is 0 Å². The van der Waals surface area contributed by atoms with E-state index in [1.165, 1.54) is 0 Å². The summed E-state index contributed by atoms with van der Waals surface area (Å²) in [5, 5.41) is 8.63. The topological polar surface area (TPSA) is 96.5 Å². The second kappa shape index (κ2) is 10.5. The van der Waals surface area contributed by atoms with E-state index in [0.29, 0.717) is 30.6 Å². The van der Waals surface area contributed by atoms with E-state index in [0.717, 1.165) is 32.1 Å². The Morgan fingerprint density at radius 1 is 1.03 bits per heavy atom. The summed E-state index contributed by atoms with van der Waals surface area (Å²) in [6.07, 6.45) is 5.57. The molecule has 0 unspecified atom stereocenters. The van der Waals surface area contributed by atoms with Crippen molar-refractivity contribution in [2.24, 2.45) is 0 Å². The summed E-state index contributed by atoms with van der Waals surface area (Å²) in [5.41, 5.74) is -0.464. The molecule has 1 aliphatic carbocycles. The van der Waals surface area contributed by atoms with Gasteiger partial charge in [0.2, 0.25) is 5.91 Å². The molecule has 166 valence electrons. The highest BCUT2D eigenvalue weighted by molar-refractivity contribution is 5.99. The van der Waals surface area contributed by atoms with Crippen molar-refractivity contribution in [2.75, 3.05) is 11.9 Å². The number of amides is 3. The van der Waals surface area contributed by atoms with Gasteiger partial charge in [-0.3, -0.25) is 14.9 Å². The number of nitrogens with one attached hydrogen (secondary N) is 3. The zero-order valence-corrected chi connectivity index (χ0v) is 18.6. The van der Waals surface area contributed by atoms with Gasteiger partial charge in [-0.1, -0.05) is 32.6 Å². The van der Waals surface area contributed by atoms with Crippen LogP contribution in [0.25, 0.3) is 0 Å². The molecule has 0 radical (unpaired) electrons. The molecule has 0 bridgehead atoms. The minimum Gasteiger partial charge on any atom is -0.444 e. The molecule has 0 aromatic heterocycles. The van der Waals surface area contributed by atoms with Crippen LogP contribution in [0.5, 0.6) is 0 Å². The number of rotatable bonds is 7. The van der Waals surface area contributed by atoms with Gasteiger partial charge in [-0.25, -0.2) is 4.79 Å². The van der Waals surface area contributed by atoms with Crippen molar-refractivity contribution in [3.8, 4) is 0 Å². The fourth-order valence-electron chi connectivity index (χ4n) is 3.53. The van der Waals surface area contributed by atoms with Gasteiger partial charge in [0, 0.05) is 17.8 Å². The molecular weight excluding hydrogens is 382 g/mol. The summed E-state index contributed by atoms with van der Waals surface area (Å²) in [4.78, 5) is 37.6. The zero-order valence-electron chi connectivity index (χ0n) is 18.6. The van der Waals surface area contributed by atoms with Crippen LogP contribution in [0.15, 0.2) is 24.3 Å². The molecule has 3 amide bonds. The molecule has 7 heteroatoms. The first-order chi connectivity index (χ1) is 14.1. The molecular formula is C23H35N3O4. The molecule has 3 N–H and O–H groups in total. The number of carbonyl (C=O) groups excluding carboxylic acids is 3. The molecule has 1 aromatic carbocycles. The Kier molecular flexibility index (Phi) is 8.26. The van der Waals surface area contributed by atoms with Gasteiger partial charge < -0.3 is 15.4 Å². The molecule has 0 atom stereocenters. The van der Waals surface area contributed by atoms with Crippen molar-refractivity contribution in [1.82, 2.24) is 10.6 Å². The maximum atomic E-state index is 12.9. The maximum absolute atomic E-state index is 12.9. The molecule has 1 aromatic rings. The number of benzene rings is 1. The lowest BCUT2D eigenvalue weighted by atomic mass is 9.80. The molecule has 1 saturated carbocycles. The number of unbranched alkanes of at least 4 members (excludes halogenated alkanes) is 1. The lowest BCUT2D eigenvalue weighted by molar-refractivity contribution is -0.128. The molecule has 1 fully saturated rings. The monoisotopic (exact) mass is 417 g/mol. The smallest absolute Gasteiger partial charge is 0.412 e. The van der Waals surface area contributed by atoms with Gasteiger partial charge in [-0.2, -0.15) is 0 Å². The molecule has 0 spiro atoms. The quantitative estimate of drug-likeness (QED) is 0.574. The van der Waals surface area contributed by atoms with Crippen molar-refractivity contribution in [2.45, 2.75) is 83.8 Å². The van der Waals surface area contributed by atoms with Crippen LogP contribution in [0, 0.1) is 0 Å². The fourth-order valence-corrected chi connectivity index (χ4v) is 3.53. The highest BCUT2D eigenvalue weighted by Gasteiger charge is 2.40. The lowest BCUT2D eigenvalue weighted by Crippen LogP contribution is -2.59. The Bertz CT molecular complexity index is 732. The summed E-state index contributed by atoms with van der Waals surface area (Å²) in [6.45, 7) is 8.07. The van der Waals surface area contributed by atoms with Crippen molar-refractivity contribution in [3.05, 3.63) is 29.8 Å². The molecule has 1 aliphatic rings. The predicted octanol–water partition coefficient (Wildman–Crippen LogP) is 4.38. The first kappa shape index (κ1) is 23.7. The Balaban J connectivity index is 2.03. The van der Waals surface area contributed by atoms with Gasteiger partial charge in [0.1, 0.15) is 11.1 Å². The summed E-state index contributed by atoms with van der Waals surface area (Å²) >= 11 is 0. The third kappa shape index (κ3) is 7.04. The number of hydrogen-bond donors (Lipinski definition) is 3. The predicted molar refractivity (Wildman–Crippen MR) is 117 cm³/mol. The van der Waals surface area contributed by atoms with Crippen LogP contribution in [0.1, 0.15) is 83.0 Å². The van der Waals surface area contributed by atoms with Gasteiger partial charge in [-0.05, 0) is 64.3 Å². The normalized spacial score (nSPS) is 15.7. The fraction of sp³-hybridized carbons (Fsp3) is 0.609. The van der Waals surface area contributed by atoms with Crippen molar-refractivity contribution >= 4 is 23.6 Å². The molecule has 0 heterocycles. The number of anilines is 1. The van der Waals surface area contributed by atoms with Crippen LogP contribution in [-0.4, -0.2) is 35.6 Å². The molecule has 0 aliphatic heterocycles. The average Bonchev–Trinajstić information content (AvgIpc) is 2.67. The second-order valence-electron chi connectivity index (χ2n) is 8.91. The average molecular weight is 418 g/mol. The highest BCUT2D eigenvalue weighted by atomic mass is 16.6. The zero-order chi connectivity index (χ0) is 22.2. The third-order valence-electron chi connectivity index (χ3n) is 5.10. The van der Waals surface area contributed by atoms with Crippen LogP contribution in [-0.2, 0) is 9.53 Å². The van der Waals surface area contributed by atoms with E-state index < -0.39 is 17.2 Å². The summed E-state index contributed by atoms with van der Waals surface area (Å²) in [7, 11) is 0. The van der Waals surface area contributed by atoms with E-state index in [1.807, 2.05) is 0 Å². The largest absolute Gasteiger partial charge is 0.444 e. The lowest BCUT2D eigenvalue weighted by Gasteiger charge is -2.36. The van der Waals surface area contributed by atoms with E-state index in [2.05, 4.69) is 22.9 Å². The van der Waals surface area contributed by atoms with Gasteiger partial charge >= 0.3 is 6.09 Å². The first-order valence-corrected chi connectivity index (χ1v) is 10.9. The van der Waals surface area contributed by atoms with E-state index in [9.17, 15) is 14.4 Å². The Labute approximate surface area is 179 Å². The molecule has 2 rings (SSSR count). The highest BCUT2D eigenvalue weighted by Crippen LogP contribution is 2.29. The number of carbonyl (C=O) groups is 3. The molecule has 0 saturated heterocycles. The molecule has 30 heavy (non-hydrogen) atoms. The number of ether oxygens (including phenoxy) is 1. The van der Waals surface area contributed by atoms with E-state index in [1.54, 1.807) is 45.0 Å². The van der Waals surface area contributed by atoms with E-state index in [4.69, 9.17) is 4.74 Å². The first-order valence-electron chi connectivity index (χ1n) is 10.9. The summed E-state index contributed by atoms with van der Waals surface area (Å²) in [5.74, 6) is -0.376. The van der Waals surface area contributed by atoms with Crippen LogP contribution in [0.3, 0.4) is 0 Å². The van der Waals surface area contributed by atoms with Crippen molar-refractivity contribution in [1.29, 1.82) is 0 Å². The van der Waals surface area contributed by atoms with Gasteiger partial charge in [0.15, 0.2) is 0 Å². The minimum atomic E-state index is -0.851. The Morgan fingerprint density at radius 3 is 2.23 bits per heavy atom. The minimum absolute atomic E-state index is 0.0905. The van der Waals surface area contributed by atoms with Crippen LogP contribution < -0.4 is 16.0 Å². The third-order valence-corrected chi connectivity index (χ3v) is 5.10. The van der Waals surface area contributed by atoms with Crippen molar-refractivity contribution < 1.29 is 19.1 Å². The summed E-state index contributed by atoms with van der Waals surface area (Å²) < 4.78 is 5.23. The van der Waals surface area contributed by atoms with Crippen LogP contribution in [0.2, 0.25) is 0 Å². The SMILES string of the molecule is CCCCNC(=O)C1(NC(=O)c2ccc(NC(=O)OC(C)(C)C)cc2)CCCCC1. The standard InChI is InChI=1S/C23H35N3O4/c1-5-6-16-24-20(28)23(14-8-7-9-15-23)26-19(27)17-10-12-18(13-11-17)25-21(29)30-22(2,3)4/h10-13H,5-9,14-16H2,1-4H3,(H,24,28)(H,25,29)(H,26,27). The Hall–Kier alpha value is -2.57. The van der Waals surface area contributed by atoms with Gasteiger partial charge in [-0.15, -0.1) is 0 Å².